The molecule has 0 amide bonds. The molecule has 2 rings (SSSR count). The van der Waals surface area contributed by atoms with Crippen LogP contribution in [0.5, 0.6) is 0 Å². The first kappa shape index (κ1) is 16.5. The molecule has 2 nitrogen and oxygen atoms in total. The molecule has 2 aromatic rings. The highest BCUT2D eigenvalue weighted by molar-refractivity contribution is 9.10. The number of benzene rings is 1. The summed E-state index contributed by atoms with van der Waals surface area (Å²) in [6.45, 7) is 5.20. The third kappa shape index (κ3) is 4.80. The van der Waals surface area contributed by atoms with Crippen LogP contribution in [0.1, 0.15) is 36.2 Å². The molecular formula is C17H20BrClN2. The van der Waals surface area contributed by atoms with E-state index < -0.39 is 0 Å². The summed E-state index contributed by atoms with van der Waals surface area (Å²) in [7, 11) is 0. The molecule has 0 saturated heterocycles. The van der Waals surface area contributed by atoms with Gasteiger partial charge in [0.15, 0.2) is 0 Å². The minimum Gasteiger partial charge on any atom is -0.310 e. The molecular weight excluding hydrogens is 348 g/mol. The third-order valence-corrected chi connectivity index (χ3v) is 4.29. The zero-order valence-electron chi connectivity index (χ0n) is 12.4. The topological polar surface area (TPSA) is 24.9 Å². The summed E-state index contributed by atoms with van der Waals surface area (Å²) in [4.78, 5) is 4.52. The van der Waals surface area contributed by atoms with Crippen LogP contribution in [-0.4, -0.2) is 11.5 Å². The average Bonchev–Trinajstić information content (AvgIpc) is 2.46. The highest BCUT2D eigenvalue weighted by Crippen LogP contribution is 2.28. The number of halogens is 2. The van der Waals surface area contributed by atoms with E-state index in [9.17, 15) is 0 Å². The first-order valence-electron chi connectivity index (χ1n) is 7.20. The van der Waals surface area contributed by atoms with Gasteiger partial charge in [-0.1, -0.05) is 46.6 Å². The van der Waals surface area contributed by atoms with Crippen LogP contribution in [0.4, 0.5) is 0 Å². The second-order valence-corrected chi connectivity index (χ2v) is 6.49. The summed E-state index contributed by atoms with van der Waals surface area (Å²) < 4.78 is 1.04. The van der Waals surface area contributed by atoms with E-state index in [4.69, 9.17) is 11.6 Å². The van der Waals surface area contributed by atoms with Crippen molar-refractivity contribution in [1.29, 1.82) is 0 Å². The van der Waals surface area contributed by atoms with Gasteiger partial charge in [0, 0.05) is 33.8 Å². The molecule has 1 aromatic heterocycles. The molecule has 1 N–H and O–H groups in total. The van der Waals surface area contributed by atoms with Crippen LogP contribution < -0.4 is 5.32 Å². The average molecular weight is 368 g/mol. The highest BCUT2D eigenvalue weighted by Gasteiger charge is 2.15. The smallest absolute Gasteiger partial charge is 0.0422 e. The van der Waals surface area contributed by atoms with Gasteiger partial charge < -0.3 is 5.32 Å². The van der Waals surface area contributed by atoms with Gasteiger partial charge in [-0.25, -0.2) is 0 Å². The number of hydrogen-bond donors (Lipinski definition) is 1. The summed E-state index contributed by atoms with van der Waals surface area (Å²) in [6, 6.07) is 10.4. The zero-order chi connectivity index (χ0) is 15.2. The number of rotatable bonds is 6. The minimum atomic E-state index is 0.229. The van der Waals surface area contributed by atoms with Crippen molar-refractivity contribution in [2.24, 2.45) is 0 Å². The number of hydrogen-bond acceptors (Lipinski definition) is 2. The molecule has 0 spiro atoms. The van der Waals surface area contributed by atoms with Gasteiger partial charge in [0.25, 0.3) is 0 Å². The van der Waals surface area contributed by atoms with E-state index in [0.717, 1.165) is 34.6 Å². The number of pyridine rings is 1. The Bertz CT molecular complexity index is 584. The van der Waals surface area contributed by atoms with Crippen LogP contribution in [0.2, 0.25) is 5.02 Å². The fraction of sp³-hybridized carbons (Fsp3) is 0.353. The van der Waals surface area contributed by atoms with E-state index >= 15 is 0 Å². The molecule has 1 heterocycles. The maximum absolute atomic E-state index is 6.04. The quantitative estimate of drug-likeness (QED) is 0.769. The van der Waals surface area contributed by atoms with Crippen molar-refractivity contribution in [3.05, 3.63) is 62.8 Å². The molecule has 1 aromatic carbocycles. The largest absolute Gasteiger partial charge is 0.310 e. The van der Waals surface area contributed by atoms with Gasteiger partial charge in [-0.15, -0.1) is 0 Å². The van der Waals surface area contributed by atoms with Crippen molar-refractivity contribution in [1.82, 2.24) is 10.3 Å². The Hall–Kier alpha value is -0.900. The monoisotopic (exact) mass is 366 g/mol. The highest BCUT2D eigenvalue weighted by atomic mass is 79.9. The van der Waals surface area contributed by atoms with Crippen LogP contribution in [0, 0.1) is 6.92 Å². The second kappa shape index (κ2) is 7.92. The van der Waals surface area contributed by atoms with E-state index in [2.05, 4.69) is 58.3 Å². The Morgan fingerprint density at radius 3 is 2.71 bits per heavy atom. The van der Waals surface area contributed by atoms with Crippen LogP contribution in [-0.2, 0) is 6.42 Å². The van der Waals surface area contributed by atoms with Crippen LogP contribution in [0.25, 0.3) is 0 Å². The van der Waals surface area contributed by atoms with Gasteiger partial charge in [0.1, 0.15) is 0 Å². The molecule has 0 aliphatic rings. The molecule has 0 aliphatic carbocycles. The first-order valence-corrected chi connectivity index (χ1v) is 8.37. The third-order valence-electron chi connectivity index (χ3n) is 3.36. The summed E-state index contributed by atoms with van der Waals surface area (Å²) in [5.74, 6) is 0. The molecule has 0 aliphatic heterocycles. The van der Waals surface area contributed by atoms with Gasteiger partial charge in [-0.3, -0.25) is 4.98 Å². The summed E-state index contributed by atoms with van der Waals surface area (Å²) in [5, 5.41) is 4.34. The fourth-order valence-electron chi connectivity index (χ4n) is 2.22. The van der Waals surface area contributed by atoms with Crippen molar-refractivity contribution in [3.8, 4) is 0 Å². The van der Waals surface area contributed by atoms with Crippen LogP contribution >= 0.6 is 27.5 Å². The second-order valence-electron chi connectivity index (χ2n) is 5.20. The standard InChI is InChI=1S/C17H20BrClN2/c1-3-8-20-17(10-14-6-4-12(2)11-21-14)15-7-5-13(19)9-16(15)18/h4-7,9,11,17,20H,3,8,10H2,1-2H3. The maximum atomic E-state index is 6.04. The van der Waals surface area contributed by atoms with Crippen molar-refractivity contribution in [2.45, 2.75) is 32.7 Å². The zero-order valence-corrected chi connectivity index (χ0v) is 14.7. The number of nitrogens with one attached hydrogen (secondary N) is 1. The first-order chi connectivity index (χ1) is 10.1. The van der Waals surface area contributed by atoms with E-state index in [1.165, 1.54) is 11.1 Å². The fourth-order valence-corrected chi connectivity index (χ4v) is 3.18. The van der Waals surface area contributed by atoms with E-state index in [1.54, 1.807) is 0 Å². The minimum absolute atomic E-state index is 0.229. The maximum Gasteiger partial charge on any atom is 0.0422 e. The molecule has 0 radical (unpaired) electrons. The Morgan fingerprint density at radius 1 is 1.29 bits per heavy atom. The lowest BCUT2D eigenvalue weighted by Crippen LogP contribution is -2.24. The number of aryl methyl sites for hydroxylation is 1. The Morgan fingerprint density at radius 2 is 2.10 bits per heavy atom. The van der Waals surface area contributed by atoms with Gasteiger partial charge in [0.2, 0.25) is 0 Å². The normalized spacial score (nSPS) is 12.4. The van der Waals surface area contributed by atoms with Crippen molar-refractivity contribution >= 4 is 27.5 Å². The molecule has 0 fully saturated rings. The summed E-state index contributed by atoms with van der Waals surface area (Å²) >= 11 is 9.66. The lowest BCUT2D eigenvalue weighted by molar-refractivity contribution is 0.523. The van der Waals surface area contributed by atoms with E-state index in [1.807, 2.05) is 18.3 Å². The lowest BCUT2D eigenvalue weighted by Gasteiger charge is -2.20. The lowest BCUT2D eigenvalue weighted by atomic mass is 10.0. The summed E-state index contributed by atoms with van der Waals surface area (Å²) in [5.41, 5.74) is 3.50. The Labute approximate surface area is 140 Å². The van der Waals surface area contributed by atoms with Gasteiger partial charge in [0.05, 0.1) is 0 Å². The van der Waals surface area contributed by atoms with Crippen molar-refractivity contribution in [2.75, 3.05) is 6.54 Å². The van der Waals surface area contributed by atoms with E-state index in [0.29, 0.717) is 0 Å². The molecule has 1 atom stereocenters. The predicted molar refractivity (Wildman–Crippen MR) is 92.9 cm³/mol. The molecule has 21 heavy (non-hydrogen) atoms. The summed E-state index contributed by atoms with van der Waals surface area (Å²) in [6.07, 6.45) is 3.88. The SMILES string of the molecule is CCCNC(Cc1ccc(C)cn1)c1ccc(Cl)cc1Br. The van der Waals surface area contributed by atoms with Crippen molar-refractivity contribution in [3.63, 3.8) is 0 Å². The Balaban J connectivity index is 2.22. The molecule has 112 valence electrons. The van der Waals surface area contributed by atoms with Crippen LogP contribution in [0.15, 0.2) is 41.0 Å². The molecule has 0 saturated carbocycles. The van der Waals surface area contributed by atoms with Gasteiger partial charge in [-0.2, -0.15) is 0 Å². The number of nitrogens with zero attached hydrogens (tertiary/aromatic N) is 1. The van der Waals surface area contributed by atoms with Crippen LogP contribution in [0.3, 0.4) is 0 Å². The Kier molecular flexibility index (Phi) is 6.22. The van der Waals surface area contributed by atoms with Gasteiger partial charge in [-0.05, 0) is 49.2 Å². The number of aromatic nitrogens is 1. The molecule has 1 unspecified atom stereocenters. The van der Waals surface area contributed by atoms with Gasteiger partial charge >= 0.3 is 0 Å². The van der Waals surface area contributed by atoms with Crippen molar-refractivity contribution < 1.29 is 0 Å². The van der Waals surface area contributed by atoms with E-state index in [-0.39, 0.29) is 6.04 Å². The molecule has 0 bridgehead atoms. The molecule has 4 heteroatoms. The predicted octanol–water partition coefficient (Wildman–Crippen LogP) is 5.09.